The minimum absolute atomic E-state index is 0.177. The first-order chi connectivity index (χ1) is 7.40. The van der Waals surface area contributed by atoms with Gasteiger partial charge in [0, 0.05) is 31.9 Å². The second-order valence-electron chi connectivity index (χ2n) is 5.54. The summed E-state index contributed by atoms with van der Waals surface area (Å²) in [6.07, 6.45) is -0.177. The Kier molecular flexibility index (Phi) is 3.09. The number of hydrogen-bond acceptors (Lipinski definition) is 4. The summed E-state index contributed by atoms with van der Waals surface area (Å²) in [6.45, 7) is 9.43. The van der Waals surface area contributed by atoms with Crippen LogP contribution in [0.1, 0.15) is 20.8 Å². The van der Waals surface area contributed by atoms with Crippen LogP contribution in [0.15, 0.2) is 0 Å². The molecule has 5 heteroatoms. The van der Waals surface area contributed by atoms with Gasteiger partial charge in [-0.15, -0.1) is 11.8 Å². The molecule has 2 fully saturated rings. The number of ether oxygens (including phenoxy) is 1. The third-order valence-electron chi connectivity index (χ3n) is 2.74. The summed E-state index contributed by atoms with van der Waals surface area (Å²) in [7, 11) is 0. The third-order valence-corrected chi connectivity index (χ3v) is 4.17. The van der Waals surface area contributed by atoms with E-state index in [1.165, 1.54) is 0 Å². The summed E-state index contributed by atoms with van der Waals surface area (Å²) in [5, 5.41) is 3.39. The van der Waals surface area contributed by atoms with Crippen LogP contribution >= 0.6 is 11.8 Å². The minimum atomic E-state index is -0.391. The fourth-order valence-electron chi connectivity index (χ4n) is 2.01. The molecule has 16 heavy (non-hydrogen) atoms. The quantitative estimate of drug-likeness (QED) is 0.697. The van der Waals surface area contributed by atoms with E-state index in [-0.39, 0.29) is 10.8 Å². The molecular weight excluding hydrogens is 224 g/mol. The van der Waals surface area contributed by atoms with E-state index in [1.807, 2.05) is 32.5 Å². The molecule has 0 bridgehead atoms. The summed E-state index contributed by atoms with van der Waals surface area (Å²) in [5.74, 6) is 1.14. The highest BCUT2D eigenvalue weighted by Gasteiger charge is 2.47. The lowest BCUT2D eigenvalue weighted by molar-refractivity contribution is 0.00447. The van der Waals surface area contributed by atoms with Gasteiger partial charge in [-0.05, 0) is 20.8 Å². The van der Waals surface area contributed by atoms with Crippen LogP contribution in [0.2, 0.25) is 0 Å². The van der Waals surface area contributed by atoms with Crippen LogP contribution in [0.25, 0.3) is 0 Å². The van der Waals surface area contributed by atoms with Gasteiger partial charge in [0.2, 0.25) is 0 Å². The van der Waals surface area contributed by atoms with Gasteiger partial charge < -0.3 is 15.0 Å². The Hall–Kier alpha value is -0.420. The topological polar surface area (TPSA) is 41.6 Å². The first kappa shape index (κ1) is 12.0. The lowest BCUT2D eigenvalue weighted by Crippen LogP contribution is -2.67. The average molecular weight is 244 g/mol. The van der Waals surface area contributed by atoms with Crippen molar-refractivity contribution in [1.82, 2.24) is 10.2 Å². The van der Waals surface area contributed by atoms with E-state index in [4.69, 9.17) is 4.74 Å². The van der Waals surface area contributed by atoms with Gasteiger partial charge in [0.15, 0.2) is 0 Å². The summed E-state index contributed by atoms with van der Waals surface area (Å²) in [6, 6.07) is 0. The predicted molar refractivity (Wildman–Crippen MR) is 65.9 cm³/mol. The molecule has 2 rings (SSSR count). The molecule has 0 radical (unpaired) electrons. The third kappa shape index (κ3) is 2.63. The molecule has 1 spiro atoms. The molecular formula is C11H20N2O2S. The highest BCUT2D eigenvalue weighted by atomic mass is 32.2. The Morgan fingerprint density at radius 3 is 2.62 bits per heavy atom. The van der Waals surface area contributed by atoms with E-state index >= 15 is 0 Å². The Morgan fingerprint density at radius 2 is 2.12 bits per heavy atom. The van der Waals surface area contributed by atoms with Gasteiger partial charge in [-0.25, -0.2) is 4.79 Å². The van der Waals surface area contributed by atoms with Crippen molar-refractivity contribution in [2.45, 2.75) is 31.1 Å². The molecule has 2 aliphatic heterocycles. The van der Waals surface area contributed by atoms with E-state index in [9.17, 15) is 4.79 Å². The molecule has 0 aromatic rings. The van der Waals surface area contributed by atoms with Crippen molar-refractivity contribution in [3.63, 3.8) is 0 Å². The molecule has 1 amide bonds. The van der Waals surface area contributed by atoms with Gasteiger partial charge in [0.05, 0.1) is 4.75 Å². The normalized spacial score (nSPS) is 24.1. The minimum Gasteiger partial charge on any atom is -0.444 e. The van der Waals surface area contributed by atoms with E-state index in [1.54, 1.807) is 4.90 Å². The van der Waals surface area contributed by atoms with Gasteiger partial charge in [0.25, 0.3) is 0 Å². The van der Waals surface area contributed by atoms with Gasteiger partial charge in [-0.2, -0.15) is 0 Å². The van der Waals surface area contributed by atoms with Crippen LogP contribution in [0.5, 0.6) is 0 Å². The van der Waals surface area contributed by atoms with Crippen LogP contribution in [0, 0.1) is 0 Å². The maximum absolute atomic E-state index is 11.7. The zero-order chi connectivity index (χ0) is 11.8. The number of likely N-dealkylation sites (tertiary alicyclic amines) is 1. The number of hydrogen-bond donors (Lipinski definition) is 1. The summed E-state index contributed by atoms with van der Waals surface area (Å²) >= 11 is 1.98. The van der Waals surface area contributed by atoms with Crippen molar-refractivity contribution in [3.8, 4) is 0 Å². The van der Waals surface area contributed by atoms with Crippen molar-refractivity contribution in [2.75, 3.05) is 31.9 Å². The number of nitrogens with zero attached hydrogens (tertiary/aromatic N) is 1. The molecule has 0 aliphatic carbocycles. The molecule has 4 nitrogen and oxygen atoms in total. The first-order valence-corrected chi connectivity index (χ1v) is 6.71. The SMILES string of the molecule is CC(C)(C)OC(=O)N1CC2(CNCCS2)C1. The maximum atomic E-state index is 11.7. The standard InChI is InChI=1S/C11H20N2O2S/c1-10(2,3)15-9(14)13-7-11(8-13)6-12-4-5-16-11/h12H,4-8H2,1-3H3. The van der Waals surface area contributed by atoms with E-state index in [2.05, 4.69) is 5.32 Å². The zero-order valence-corrected chi connectivity index (χ0v) is 11.0. The van der Waals surface area contributed by atoms with Crippen LogP contribution in [0.4, 0.5) is 4.79 Å². The summed E-state index contributed by atoms with van der Waals surface area (Å²) in [4.78, 5) is 13.5. The lowest BCUT2D eigenvalue weighted by Gasteiger charge is -2.51. The van der Waals surface area contributed by atoms with Crippen molar-refractivity contribution in [2.24, 2.45) is 0 Å². The highest BCUT2D eigenvalue weighted by Crippen LogP contribution is 2.37. The van der Waals surface area contributed by atoms with Gasteiger partial charge >= 0.3 is 6.09 Å². The number of thioether (sulfide) groups is 1. The fraction of sp³-hybridized carbons (Fsp3) is 0.909. The monoisotopic (exact) mass is 244 g/mol. The van der Waals surface area contributed by atoms with Crippen molar-refractivity contribution < 1.29 is 9.53 Å². The number of rotatable bonds is 0. The van der Waals surface area contributed by atoms with E-state index < -0.39 is 5.60 Å². The molecule has 2 saturated heterocycles. The molecule has 1 N–H and O–H groups in total. The van der Waals surface area contributed by atoms with Crippen LogP contribution in [-0.2, 0) is 4.74 Å². The van der Waals surface area contributed by atoms with Crippen LogP contribution < -0.4 is 5.32 Å². The van der Waals surface area contributed by atoms with Gasteiger partial charge in [-0.3, -0.25) is 0 Å². The second kappa shape index (κ2) is 4.11. The Labute approximate surface area is 101 Å². The van der Waals surface area contributed by atoms with Gasteiger partial charge in [0.1, 0.15) is 5.60 Å². The average Bonchev–Trinajstić information content (AvgIpc) is 2.12. The van der Waals surface area contributed by atoms with Crippen molar-refractivity contribution >= 4 is 17.9 Å². The molecule has 0 aromatic carbocycles. The number of amides is 1. The zero-order valence-electron chi connectivity index (χ0n) is 10.2. The molecule has 0 atom stereocenters. The molecule has 0 aromatic heterocycles. The molecule has 92 valence electrons. The smallest absolute Gasteiger partial charge is 0.410 e. The first-order valence-electron chi connectivity index (χ1n) is 5.73. The van der Waals surface area contributed by atoms with Crippen LogP contribution in [-0.4, -0.2) is 53.3 Å². The summed E-state index contributed by atoms with van der Waals surface area (Å²) < 4.78 is 5.59. The highest BCUT2D eigenvalue weighted by molar-refractivity contribution is 8.00. The fourth-order valence-corrected chi connectivity index (χ4v) is 3.39. The molecule has 0 saturated carbocycles. The Balaban J connectivity index is 1.81. The van der Waals surface area contributed by atoms with E-state index in [0.717, 1.165) is 31.9 Å². The summed E-state index contributed by atoms with van der Waals surface area (Å²) in [5.41, 5.74) is -0.391. The van der Waals surface area contributed by atoms with Crippen molar-refractivity contribution in [1.29, 1.82) is 0 Å². The molecule has 0 unspecified atom stereocenters. The second-order valence-corrected chi connectivity index (χ2v) is 7.11. The number of nitrogens with one attached hydrogen (secondary N) is 1. The maximum Gasteiger partial charge on any atom is 0.410 e. The largest absolute Gasteiger partial charge is 0.444 e. The van der Waals surface area contributed by atoms with Crippen LogP contribution in [0.3, 0.4) is 0 Å². The Morgan fingerprint density at radius 1 is 1.44 bits per heavy atom. The number of carbonyl (C=O) groups excluding carboxylic acids is 1. The van der Waals surface area contributed by atoms with E-state index in [0.29, 0.717) is 0 Å². The molecule has 2 heterocycles. The number of carbonyl (C=O) groups is 1. The Bertz CT molecular complexity index is 274. The predicted octanol–water partition coefficient (Wildman–Crippen LogP) is 1.31. The lowest BCUT2D eigenvalue weighted by atomic mass is 9.99. The van der Waals surface area contributed by atoms with Gasteiger partial charge in [-0.1, -0.05) is 0 Å². The van der Waals surface area contributed by atoms with Crippen molar-refractivity contribution in [3.05, 3.63) is 0 Å². The molecule has 2 aliphatic rings.